The first kappa shape index (κ1) is 30.6. The highest BCUT2D eigenvalue weighted by Crippen LogP contribution is 2.20. The molecule has 4 unspecified atom stereocenters. The van der Waals surface area contributed by atoms with Gasteiger partial charge in [-0.1, -0.05) is 44.2 Å². The van der Waals surface area contributed by atoms with Crippen molar-refractivity contribution in [2.24, 2.45) is 28.1 Å². The molecule has 1 heterocycles. The zero-order valence-corrected chi connectivity index (χ0v) is 22.1. The van der Waals surface area contributed by atoms with Gasteiger partial charge in [0.05, 0.1) is 6.04 Å². The molecule has 0 aliphatic carbocycles. The first-order valence-electron chi connectivity index (χ1n) is 13.0. The molecule has 1 aliphatic heterocycles. The van der Waals surface area contributed by atoms with Crippen molar-refractivity contribution in [3.05, 3.63) is 35.9 Å². The fourth-order valence-electron chi connectivity index (χ4n) is 4.48. The van der Waals surface area contributed by atoms with E-state index in [0.29, 0.717) is 32.2 Å². The normalized spacial score (nSPS) is 17.4. The van der Waals surface area contributed by atoms with E-state index >= 15 is 0 Å². The number of hydrogen-bond acceptors (Lipinski definition) is 6. The lowest BCUT2D eigenvalue weighted by Gasteiger charge is -2.30. The van der Waals surface area contributed by atoms with Gasteiger partial charge in [0.25, 0.3) is 0 Å². The lowest BCUT2D eigenvalue weighted by atomic mass is 10.0. The third-order valence-electron chi connectivity index (χ3n) is 6.36. The molecule has 12 heteroatoms. The number of guanidine groups is 1. The molecular formula is C26H41N7O5. The fraction of sp³-hybridized carbons (Fsp3) is 0.577. The Morgan fingerprint density at radius 1 is 1.11 bits per heavy atom. The second kappa shape index (κ2) is 14.9. The molecule has 0 bridgehead atoms. The molecule has 0 spiro atoms. The van der Waals surface area contributed by atoms with Crippen LogP contribution in [0.15, 0.2) is 35.3 Å². The van der Waals surface area contributed by atoms with E-state index in [0.717, 1.165) is 5.56 Å². The second-order valence-electron chi connectivity index (χ2n) is 10.0. The van der Waals surface area contributed by atoms with E-state index in [1.54, 1.807) is 24.3 Å². The van der Waals surface area contributed by atoms with E-state index < -0.39 is 47.9 Å². The van der Waals surface area contributed by atoms with Crippen molar-refractivity contribution >= 4 is 29.7 Å². The maximum absolute atomic E-state index is 13.6. The van der Waals surface area contributed by atoms with Gasteiger partial charge in [0.15, 0.2) is 5.96 Å². The first-order chi connectivity index (χ1) is 18.0. The Hall–Kier alpha value is -3.67. The van der Waals surface area contributed by atoms with Crippen LogP contribution in [0.5, 0.6) is 0 Å². The molecule has 1 aromatic carbocycles. The number of aliphatic carboxylic acids is 1. The standard InChI is InChI=1S/C26H41N7O5/c1-16(2)14-18(27)22(34)31-19(10-6-12-30-26(28)29)24(36)33-13-7-11-21(33)23(35)32-20(25(37)38)15-17-8-4-3-5-9-17/h3-5,8-9,16,18-21H,6-7,10-15,27H2,1-2H3,(H,31,34)(H,32,35)(H,37,38)(H4,28,29,30). The number of benzene rings is 1. The molecule has 210 valence electrons. The summed E-state index contributed by atoms with van der Waals surface area (Å²) < 4.78 is 0. The van der Waals surface area contributed by atoms with Gasteiger partial charge in [-0.2, -0.15) is 0 Å². The van der Waals surface area contributed by atoms with Gasteiger partial charge in [0, 0.05) is 19.5 Å². The summed E-state index contributed by atoms with van der Waals surface area (Å²) in [6.45, 7) is 4.47. The third-order valence-corrected chi connectivity index (χ3v) is 6.36. The molecule has 3 amide bonds. The van der Waals surface area contributed by atoms with Crippen molar-refractivity contribution in [2.45, 2.75) is 76.5 Å². The molecule has 0 aromatic heterocycles. The molecule has 0 saturated carbocycles. The van der Waals surface area contributed by atoms with Gasteiger partial charge >= 0.3 is 5.97 Å². The van der Waals surface area contributed by atoms with Gasteiger partial charge in [0.2, 0.25) is 17.7 Å². The average molecular weight is 532 g/mol. The number of nitrogens with two attached hydrogens (primary N) is 3. The van der Waals surface area contributed by atoms with E-state index in [-0.39, 0.29) is 31.3 Å². The Kier molecular flexibility index (Phi) is 12.0. The molecular weight excluding hydrogens is 490 g/mol. The SMILES string of the molecule is CC(C)CC(N)C(=O)NC(CCCN=C(N)N)C(=O)N1CCCC1C(=O)NC(Cc1ccccc1)C(=O)O. The smallest absolute Gasteiger partial charge is 0.326 e. The number of nitrogens with one attached hydrogen (secondary N) is 2. The quantitative estimate of drug-likeness (QED) is 0.106. The van der Waals surface area contributed by atoms with Crippen molar-refractivity contribution in [1.82, 2.24) is 15.5 Å². The van der Waals surface area contributed by atoms with Crippen LogP contribution in [-0.2, 0) is 25.6 Å². The van der Waals surface area contributed by atoms with Crippen molar-refractivity contribution in [3.8, 4) is 0 Å². The van der Waals surface area contributed by atoms with E-state index in [4.69, 9.17) is 17.2 Å². The van der Waals surface area contributed by atoms with Crippen molar-refractivity contribution in [3.63, 3.8) is 0 Å². The van der Waals surface area contributed by atoms with Crippen LogP contribution in [0, 0.1) is 5.92 Å². The lowest BCUT2D eigenvalue weighted by Crippen LogP contribution is -2.57. The third kappa shape index (κ3) is 9.66. The van der Waals surface area contributed by atoms with Crippen LogP contribution in [0.4, 0.5) is 0 Å². The maximum Gasteiger partial charge on any atom is 0.326 e. The summed E-state index contributed by atoms with van der Waals surface area (Å²) in [4.78, 5) is 56.6. The largest absolute Gasteiger partial charge is 0.480 e. The number of carboxylic acid groups (broad SMARTS) is 1. The number of carboxylic acids is 1. The Morgan fingerprint density at radius 3 is 2.39 bits per heavy atom. The molecule has 1 saturated heterocycles. The van der Waals surface area contributed by atoms with E-state index in [1.165, 1.54) is 4.90 Å². The van der Waals surface area contributed by atoms with Crippen LogP contribution in [0.25, 0.3) is 0 Å². The van der Waals surface area contributed by atoms with Crippen molar-refractivity contribution in [2.75, 3.05) is 13.1 Å². The number of aliphatic imine (C=N–C) groups is 1. The van der Waals surface area contributed by atoms with E-state index in [2.05, 4.69) is 15.6 Å². The van der Waals surface area contributed by atoms with Crippen LogP contribution in [0.3, 0.4) is 0 Å². The van der Waals surface area contributed by atoms with Gasteiger partial charge in [-0.3, -0.25) is 19.4 Å². The molecule has 0 radical (unpaired) electrons. The summed E-state index contributed by atoms with van der Waals surface area (Å²) in [7, 11) is 0. The number of hydrogen-bond donors (Lipinski definition) is 6. The van der Waals surface area contributed by atoms with E-state index in [9.17, 15) is 24.3 Å². The zero-order chi connectivity index (χ0) is 28.2. The van der Waals surface area contributed by atoms with Gasteiger partial charge < -0.3 is 37.8 Å². The molecule has 9 N–H and O–H groups in total. The predicted molar refractivity (Wildman–Crippen MR) is 144 cm³/mol. The second-order valence-corrected chi connectivity index (χ2v) is 10.0. The number of amides is 3. The summed E-state index contributed by atoms with van der Waals surface area (Å²) in [6.07, 6.45) is 2.18. The van der Waals surface area contributed by atoms with Crippen LogP contribution in [-0.4, -0.2) is 76.9 Å². The number of rotatable bonds is 14. The maximum atomic E-state index is 13.6. The molecule has 4 atom stereocenters. The Bertz CT molecular complexity index is 981. The Labute approximate surface area is 223 Å². The zero-order valence-electron chi connectivity index (χ0n) is 22.1. The molecule has 38 heavy (non-hydrogen) atoms. The molecule has 12 nitrogen and oxygen atoms in total. The molecule has 1 fully saturated rings. The Balaban J connectivity index is 2.13. The minimum absolute atomic E-state index is 0.0735. The van der Waals surface area contributed by atoms with Crippen LogP contribution >= 0.6 is 0 Å². The van der Waals surface area contributed by atoms with Crippen LogP contribution in [0.1, 0.15) is 51.5 Å². The monoisotopic (exact) mass is 531 g/mol. The summed E-state index contributed by atoms with van der Waals surface area (Å²) >= 11 is 0. The van der Waals surface area contributed by atoms with Crippen molar-refractivity contribution in [1.29, 1.82) is 0 Å². The number of nitrogens with zero attached hydrogens (tertiary/aromatic N) is 2. The summed E-state index contributed by atoms with van der Waals surface area (Å²) in [5.41, 5.74) is 17.5. The first-order valence-corrected chi connectivity index (χ1v) is 13.0. The highest BCUT2D eigenvalue weighted by atomic mass is 16.4. The molecule has 1 aliphatic rings. The summed E-state index contributed by atoms with van der Waals surface area (Å²) in [5, 5.41) is 15.0. The highest BCUT2D eigenvalue weighted by molar-refractivity contribution is 5.94. The topological polar surface area (TPSA) is 206 Å². The van der Waals surface area contributed by atoms with Gasteiger partial charge in [-0.15, -0.1) is 0 Å². The number of carbonyl (C=O) groups is 4. The predicted octanol–water partition coefficient (Wildman–Crippen LogP) is -0.299. The summed E-state index contributed by atoms with van der Waals surface area (Å²) in [5.74, 6) is -2.46. The lowest BCUT2D eigenvalue weighted by molar-refractivity contribution is -0.145. The van der Waals surface area contributed by atoms with E-state index in [1.807, 2.05) is 19.9 Å². The Morgan fingerprint density at radius 2 is 1.79 bits per heavy atom. The van der Waals surface area contributed by atoms with Crippen molar-refractivity contribution < 1.29 is 24.3 Å². The number of carbonyl (C=O) groups excluding carboxylic acids is 3. The van der Waals surface area contributed by atoms with Gasteiger partial charge in [-0.05, 0) is 43.6 Å². The van der Waals surface area contributed by atoms with Gasteiger partial charge in [-0.25, -0.2) is 4.79 Å². The number of likely N-dealkylation sites (tertiary alicyclic amines) is 1. The minimum Gasteiger partial charge on any atom is -0.480 e. The average Bonchev–Trinajstić information content (AvgIpc) is 3.35. The summed E-state index contributed by atoms with van der Waals surface area (Å²) in [6, 6.07) is 5.28. The molecule has 1 aromatic rings. The molecule has 2 rings (SSSR count). The van der Waals surface area contributed by atoms with Gasteiger partial charge in [0.1, 0.15) is 18.1 Å². The highest BCUT2D eigenvalue weighted by Gasteiger charge is 2.39. The van der Waals surface area contributed by atoms with Crippen LogP contribution in [0.2, 0.25) is 0 Å². The minimum atomic E-state index is -1.16. The fourth-order valence-corrected chi connectivity index (χ4v) is 4.48. The van der Waals surface area contributed by atoms with Crippen LogP contribution < -0.4 is 27.8 Å².